The van der Waals surface area contributed by atoms with Gasteiger partial charge in [0.05, 0.1) is 11.7 Å². The molecule has 2 aromatic heterocycles. The summed E-state index contributed by atoms with van der Waals surface area (Å²) in [6.07, 6.45) is 3.93. The Kier molecular flexibility index (Phi) is 4.99. The molecule has 3 heterocycles. The Bertz CT molecular complexity index is 916. The number of aromatic nitrogens is 2. The number of benzene rings is 1. The molecule has 1 atom stereocenters. The molecule has 0 radical (unpaired) electrons. The molecule has 1 amide bonds. The molecule has 1 saturated heterocycles. The molecule has 0 bridgehead atoms. The average Bonchev–Trinajstić information content (AvgIpc) is 3.41. The molecule has 4 rings (SSSR count). The van der Waals surface area contributed by atoms with E-state index < -0.39 is 0 Å². The highest BCUT2D eigenvalue weighted by atomic mass is 32.1. The summed E-state index contributed by atoms with van der Waals surface area (Å²) in [5.74, 6) is 0.886. The van der Waals surface area contributed by atoms with Gasteiger partial charge in [-0.25, -0.2) is 4.98 Å². The van der Waals surface area contributed by atoms with E-state index in [1.807, 2.05) is 55.3 Å². The van der Waals surface area contributed by atoms with E-state index >= 15 is 0 Å². The minimum atomic E-state index is 0.0729. The Balaban J connectivity index is 1.47. The molecule has 0 aliphatic carbocycles. The molecule has 5 nitrogen and oxygen atoms in total. The van der Waals surface area contributed by atoms with Crippen molar-refractivity contribution in [3.63, 3.8) is 0 Å². The molecular formula is C21H23N3O2S. The maximum absolute atomic E-state index is 13.1. The molecule has 1 fully saturated rings. The first-order valence-electron chi connectivity index (χ1n) is 9.22. The molecule has 0 unspecified atom stereocenters. The highest BCUT2D eigenvalue weighted by Crippen LogP contribution is 2.34. The Morgan fingerprint density at radius 1 is 1.30 bits per heavy atom. The molecule has 1 aliphatic rings. The van der Waals surface area contributed by atoms with Crippen molar-refractivity contribution in [1.29, 1.82) is 0 Å². The van der Waals surface area contributed by atoms with Crippen molar-refractivity contribution in [3.8, 4) is 5.75 Å². The molecule has 1 aromatic carbocycles. The summed E-state index contributed by atoms with van der Waals surface area (Å²) in [5.41, 5.74) is 3.08. The molecular weight excluding hydrogens is 358 g/mol. The van der Waals surface area contributed by atoms with Crippen molar-refractivity contribution >= 4 is 17.2 Å². The van der Waals surface area contributed by atoms with Gasteiger partial charge in [0.25, 0.3) is 5.91 Å². The third kappa shape index (κ3) is 3.76. The summed E-state index contributed by atoms with van der Waals surface area (Å²) in [5, 5.41) is 0.826. The fraction of sp³-hybridized carbons (Fsp3) is 0.333. The van der Waals surface area contributed by atoms with E-state index in [1.54, 1.807) is 0 Å². The van der Waals surface area contributed by atoms with Crippen molar-refractivity contribution in [3.05, 3.63) is 69.4 Å². The fourth-order valence-electron chi connectivity index (χ4n) is 3.51. The van der Waals surface area contributed by atoms with Crippen LogP contribution in [0.5, 0.6) is 5.75 Å². The predicted octanol–water partition coefficient (Wildman–Crippen LogP) is 4.64. The van der Waals surface area contributed by atoms with Gasteiger partial charge in [-0.3, -0.25) is 4.79 Å². The van der Waals surface area contributed by atoms with Crippen molar-refractivity contribution < 1.29 is 9.53 Å². The molecule has 1 N–H and O–H groups in total. The summed E-state index contributed by atoms with van der Waals surface area (Å²) in [7, 11) is 0. The lowest BCUT2D eigenvalue weighted by molar-refractivity contribution is 0.0737. The van der Waals surface area contributed by atoms with Gasteiger partial charge in [-0.15, -0.1) is 11.3 Å². The van der Waals surface area contributed by atoms with E-state index in [2.05, 4.69) is 16.0 Å². The number of amides is 1. The number of rotatable bonds is 5. The smallest absolute Gasteiger partial charge is 0.266 e. The minimum Gasteiger partial charge on any atom is -0.486 e. The van der Waals surface area contributed by atoms with Crippen molar-refractivity contribution in [2.24, 2.45) is 0 Å². The number of thiazole rings is 1. The zero-order valence-corrected chi connectivity index (χ0v) is 16.4. The topological polar surface area (TPSA) is 58.2 Å². The Morgan fingerprint density at radius 2 is 2.11 bits per heavy atom. The summed E-state index contributed by atoms with van der Waals surface area (Å²) in [4.78, 5) is 23.6. The number of hydrogen-bond acceptors (Lipinski definition) is 4. The van der Waals surface area contributed by atoms with Crippen LogP contribution >= 0.6 is 11.3 Å². The highest BCUT2D eigenvalue weighted by Gasteiger charge is 2.33. The van der Waals surface area contributed by atoms with E-state index in [4.69, 9.17) is 4.74 Å². The summed E-state index contributed by atoms with van der Waals surface area (Å²) in [6, 6.07) is 12.1. The van der Waals surface area contributed by atoms with Crippen LogP contribution in [0.4, 0.5) is 0 Å². The SMILES string of the molecule is Cc1ccc(OCc2nc(C)c(C(=O)N3CCC[C@@H]3c3ccc[nH]3)s2)cc1. The number of H-pyrrole nitrogens is 1. The average molecular weight is 382 g/mol. The van der Waals surface area contributed by atoms with E-state index in [9.17, 15) is 4.79 Å². The lowest BCUT2D eigenvalue weighted by Crippen LogP contribution is -2.30. The molecule has 0 saturated carbocycles. The lowest BCUT2D eigenvalue weighted by atomic mass is 10.1. The first kappa shape index (κ1) is 17.8. The number of hydrogen-bond donors (Lipinski definition) is 1. The third-order valence-corrected chi connectivity index (χ3v) is 6.03. The van der Waals surface area contributed by atoms with Crippen molar-refractivity contribution in [2.75, 3.05) is 6.54 Å². The molecule has 3 aromatic rings. The molecule has 6 heteroatoms. The molecule has 140 valence electrons. The zero-order chi connectivity index (χ0) is 18.8. The van der Waals surface area contributed by atoms with Crippen LogP contribution in [0, 0.1) is 13.8 Å². The summed E-state index contributed by atoms with van der Waals surface area (Å²) < 4.78 is 5.82. The van der Waals surface area contributed by atoms with Crippen LogP contribution in [-0.2, 0) is 6.61 Å². The zero-order valence-electron chi connectivity index (χ0n) is 15.6. The summed E-state index contributed by atoms with van der Waals surface area (Å²) >= 11 is 1.44. The molecule has 27 heavy (non-hydrogen) atoms. The number of nitrogens with zero attached hydrogens (tertiary/aromatic N) is 2. The molecule has 0 spiro atoms. The van der Waals surface area contributed by atoms with Crippen LogP contribution in [0.1, 0.15) is 50.5 Å². The maximum Gasteiger partial charge on any atom is 0.266 e. The maximum atomic E-state index is 13.1. The number of aromatic amines is 1. The standard InChI is InChI=1S/C21H23N3O2S/c1-14-7-9-16(10-8-14)26-13-19-23-15(2)20(27-19)21(25)24-12-4-6-18(24)17-5-3-11-22-17/h3,5,7-11,18,22H,4,6,12-13H2,1-2H3/t18-/m1/s1. The monoisotopic (exact) mass is 381 g/mol. The summed E-state index contributed by atoms with van der Waals surface area (Å²) in [6.45, 7) is 5.11. The number of nitrogens with one attached hydrogen (secondary N) is 1. The second-order valence-corrected chi connectivity index (χ2v) is 7.99. The second-order valence-electron chi connectivity index (χ2n) is 6.91. The predicted molar refractivity (Wildman–Crippen MR) is 106 cm³/mol. The van der Waals surface area contributed by atoms with Crippen molar-refractivity contribution in [1.82, 2.24) is 14.9 Å². The molecule has 1 aliphatic heterocycles. The first-order valence-corrected chi connectivity index (χ1v) is 10.0. The number of ether oxygens (including phenoxy) is 1. The number of carbonyl (C=O) groups excluding carboxylic acids is 1. The van der Waals surface area contributed by atoms with Crippen LogP contribution in [0.3, 0.4) is 0 Å². The largest absolute Gasteiger partial charge is 0.486 e. The van der Waals surface area contributed by atoms with Gasteiger partial charge in [-0.2, -0.15) is 0 Å². The van der Waals surface area contributed by atoms with E-state index in [0.717, 1.165) is 46.4 Å². The second kappa shape index (κ2) is 7.56. The lowest BCUT2D eigenvalue weighted by Gasteiger charge is -2.23. The normalized spacial score (nSPS) is 16.7. The van der Waals surface area contributed by atoms with Gasteiger partial charge < -0.3 is 14.6 Å². The van der Waals surface area contributed by atoms with Crippen LogP contribution in [0.2, 0.25) is 0 Å². The van der Waals surface area contributed by atoms with Gasteiger partial charge in [-0.05, 0) is 51.0 Å². The van der Waals surface area contributed by atoms with Crippen LogP contribution < -0.4 is 4.74 Å². The van der Waals surface area contributed by atoms with Gasteiger partial charge in [0.15, 0.2) is 0 Å². The van der Waals surface area contributed by atoms with Crippen LogP contribution in [0.25, 0.3) is 0 Å². The van der Waals surface area contributed by atoms with Crippen LogP contribution in [0.15, 0.2) is 42.6 Å². The van der Waals surface area contributed by atoms with Gasteiger partial charge in [0, 0.05) is 18.4 Å². The number of carbonyl (C=O) groups is 1. The fourth-order valence-corrected chi connectivity index (χ4v) is 4.44. The van der Waals surface area contributed by atoms with Gasteiger partial charge in [-0.1, -0.05) is 17.7 Å². The third-order valence-electron chi connectivity index (χ3n) is 4.91. The quantitative estimate of drug-likeness (QED) is 0.700. The minimum absolute atomic E-state index is 0.0729. The first-order chi connectivity index (χ1) is 13.1. The van der Waals surface area contributed by atoms with Crippen LogP contribution in [-0.4, -0.2) is 27.3 Å². The Hall–Kier alpha value is -2.60. The van der Waals surface area contributed by atoms with Gasteiger partial charge in [0.1, 0.15) is 22.2 Å². The van der Waals surface area contributed by atoms with Crippen molar-refractivity contribution in [2.45, 2.75) is 39.3 Å². The number of likely N-dealkylation sites (tertiary alicyclic amines) is 1. The van der Waals surface area contributed by atoms with Gasteiger partial charge in [0.2, 0.25) is 0 Å². The Labute approximate surface area is 163 Å². The highest BCUT2D eigenvalue weighted by molar-refractivity contribution is 7.13. The number of aryl methyl sites for hydroxylation is 2. The van der Waals surface area contributed by atoms with E-state index in [-0.39, 0.29) is 11.9 Å². The Morgan fingerprint density at radius 3 is 2.85 bits per heavy atom. The van der Waals surface area contributed by atoms with E-state index in [1.165, 1.54) is 16.9 Å². The van der Waals surface area contributed by atoms with Gasteiger partial charge >= 0.3 is 0 Å². The van der Waals surface area contributed by atoms with E-state index in [0.29, 0.717) is 6.61 Å².